The van der Waals surface area contributed by atoms with Crippen molar-refractivity contribution in [3.05, 3.63) is 40.3 Å². The summed E-state index contributed by atoms with van der Waals surface area (Å²) in [6.45, 7) is 6.55. The molecule has 0 bridgehead atoms. The van der Waals surface area contributed by atoms with E-state index < -0.39 is 6.09 Å². The van der Waals surface area contributed by atoms with Crippen LogP contribution < -0.4 is 10.9 Å². The van der Waals surface area contributed by atoms with Crippen molar-refractivity contribution < 1.29 is 14.7 Å². The maximum atomic E-state index is 13.0. The quantitative estimate of drug-likeness (QED) is 0.476. The number of nitrogens with zero attached hydrogens (tertiary/aromatic N) is 3. The Morgan fingerprint density at radius 1 is 1.14 bits per heavy atom. The molecule has 3 heterocycles. The summed E-state index contributed by atoms with van der Waals surface area (Å²) in [6.07, 6.45) is 5.45. The second-order valence-electron chi connectivity index (χ2n) is 11.4. The number of benzene rings is 1. The number of carbonyl (C=O) groups excluding carboxylic acids is 1. The highest BCUT2D eigenvalue weighted by molar-refractivity contribution is 6.07. The van der Waals surface area contributed by atoms with Crippen LogP contribution in [0.1, 0.15) is 77.3 Å². The molecule has 1 aliphatic carbocycles. The normalized spacial score (nSPS) is 21.7. The fraction of sp³-hybridized carbons (Fsp3) is 0.556. The molecular formula is C27H35N5O4. The van der Waals surface area contributed by atoms with E-state index in [1.807, 2.05) is 39.0 Å². The number of piperidine rings is 1. The zero-order chi connectivity index (χ0) is 25.6. The third kappa shape index (κ3) is 4.47. The van der Waals surface area contributed by atoms with Gasteiger partial charge in [-0.15, -0.1) is 0 Å². The summed E-state index contributed by atoms with van der Waals surface area (Å²) < 4.78 is 1.78. The Hall–Kier alpha value is -3.36. The number of hydrogen-bond acceptors (Lipinski definition) is 4. The standard InChI is InChI=1S/C27H35N5O4/c1-27(2,3)21-14-17(12-13-31(21)26(35)36)20-15-22(33)29-24-23-18(10-7-11-19(23)30-32(20)24)28-25(34)16-8-5-4-6-9-16/h7,10-11,15-17,21H,4-6,8-9,12-14H2,1-3H3,(H,28,34)(H,29,33)(H,35,36). The molecular weight excluding hydrogens is 458 g/mol. The SMILES string of the molecule is CC(C)(C)C1CC(c2cc(=O)[nH]c3c4c(NC(=O)C5CCCCC5)cccc4nn23)CCN1C(=O)O. The molecule has 2 aliphatic rings. The Morgan fingerprint density at radius 3 is 2.58 bits per heavy atom. The maximum Gasteiger partial charge on any atom is 0.407 e. The van der Waals surface area contributed by atoms with Crippen LogP contribution in [0.4, 0.5) is 10.5 Å². The molecule has 1 saturated heterocycles. The van der Waals surface area contributed by atoms with E-state index in [1.54, 1.807) is 10.6 Å². The van der Waals surface area contributed by atoms with Crippen LogP contribution in [0.5, 0.6) is 0 Å². The summed E-state index contributed by atoms with van der Waals surface area (Å²) in [5.74, 6) is 0.0116. The zero-order valence-corrected chi connectivity index (χ0v) is 21.2. The van der Waals surface area contributed by atoms with E-state index in [0.717, 1.165) is 36.8 Å². The van der Waals surface area contributed by atoms with E-state index in [-0.39, 0.29) is 34.8 Å². The number of carboxylic acid groups (broad SMARTS) is 1. The predicted octanol–water partition coefficient (Wildman–Crippen LogP) is 4.97. The summed E-state index contributed by atoms with van der Waals surface area (Å²) in [5, 5.41) is 18.4. The minimum atomic E-state index is -0.910. The molecule has 1 aliphatic heterocycles. The van der Waals surface area contributed by atoms with E-state index >= 15 is 0 Å². The number of anilines is 1. The lowest BCUT2D eigenvalue weighted by Crippen LogP contribution is -2.51. The van der Waals surface area contributed by atoms with Gasteiger partial charge in [-0.3, -0.25) is 9.59 Å². The van der Waals surface area contributed by atoms with E-state index in [9.17, 15) is 19.5 Å². The van der Waals surface area contributed by atoms with Gasteiger partial charge in [-0.25, -0.2) is 9.31 Å². The number of hydrogen-bond donors (Lipinski definition) is 3. The molecule has 192 valence electrons. The smallest absolute Gasteiger partial charge is 0.407 e. The molecule has 3 aromatic rings. The summed E-state index contributed by atoms with van der Waals surface area (Å²) in [4.78, 5) is 42.2. The molecule has 9 heteroatoms. The van der Waals surface area contributed by atoms with E-state index in [0.29, 0.717) is 36.2 Å². The number of aromatic nitrogens is 3. The van der Waals surface area contributed by atoms with Crippen LogP contribution in [0.2, 0.25) is 0 Å². The van der Waals surface area contributed by atoms with Crippen LogP contribution >= 0.6 is 0 Å². The van der Waals surface area contributed by atoms with Crippen molar-refractivity contribution in [1.29, 1.82) is 0 Å². The maximum absolute atomic E-state index is 13.0. The first-order valence-corrected chi connectivity index (χ1v) is 13.0. The van der Waals surface area contributed by atoms with Crippen molar-refractivity contribution in [3.63, 3.8) is 0 Å². The third-order valence-electron chi connectivity index (χ3n) is 7.96. The molecule has 1 aromatic carbocycles. The van der Waals surface area contributed by atoms with Gasteiger partial charge in [0.25, 0.3) is 5.56 Å². The molecule has 9 nitrogen and oxygen atoms in total. The molecule has 2 aromatic heterocycles. The number of amides is 2. The van der Waals surface area contributed by atoms with Gasteiger partial charge in [0.05, 0.1) is 22.3 Å². The van der Waals surface area contributed by atoms with Gasteiger partial charge < -0.3 is 20.3 Å². The highest BCUT2D eigenvalue weighted by Gasteiger charge is 2.40. The van der Waals surface area contributed by atoms with Crippen molar-refractivity contribution >= 4 is 34.2 Å². The third-order valence-corrected chi connectivity index (χ3v) is 7.96. The van der Waals surface area contributed by atoms with Crippen LogP contribution in [0.15, 0.2) is 29.1 Å². The Kier molecular flexibility index (Phi) is 6.26. The average Bonchev–Trinajstić information content (AvgIpc) is 3.22. The molecule has 3 N–H and O–H groups in total. The fourth-order valence-electron chi connectivity index (χ4n) is 6.07. The van der Waals surface area contributed by atoms with Crippen molar-refractivity contribution in [2.75, 3.05) is 11.9 Å². The summed E-state index contributed by atoms with van der Waals surface area (Å²) >= 11 is 0. The van der Waals surface area contributed by atoms with E-state index in [2.05, 4.69) is 10.3 Å². The molecule has 0 spiro atoms. The Morgan fingerprint density at radius 2 is 1.89 bits per heavy atom. The predicted molar refractivity (Wildman–Crippen MR) is 138 cm³/mol. The number of aromatic amines is 1. The molecule has 2 atom stereocenters. The highest BCUT2D eigenvalue weighted by Crippen LogP contribution is 2.39. The lowest BCUT2D eigenvalue weighted by molar-refractivity contribution is -0.120. The van der Waals surface area contributed by atoms with Crippen molar-refractivity contribution in [2.45, 2.75) is 77.7 Å². The molecule has 36 heavy (non-hydrogen) atoms. The van der Waals surface area contributed by atoms with Crippen LogP contribution in [-0.2, 0) is 4.79 Å². The van der Waals surface area contributed by atoms with Crippen LogP contribution in [0.25, 0.3) is 16.6 Å². The first-order chi connectivity index (χ1) is 17.1. The number of nitrogens with one attached hydrogen (secondary N) is 2. The highest BCUT2D eigenvalue weighted by atomic mass is 16.4. The second kappa shape index (κ2) is 9.26. The number of likely N-dealkylation sites (tertiary alicyclic amines) is 1. The first-order valence-electron chi connectivity index (χ1n) is 13.0. The molecule has 1 saturated carbocycles. The van der Waals surface area contributed by atoms with Gasteiger partial charge in [0.15, 0.2) is 0 Å². The minimum Gasteiger partial charge on any atom is -0.465 e. The molecule has 2 amide bonds. The summed E-state index contributed by atoms with van der Waals surface area (Å²) in [7, 11) is 0. The zero-order valence-electron chi connectivity index (χ0n) is 21.2. The van der Waals surface area contributed by atoms with Gasteiger partial charge in [-0.1, -0.05) is 46.1 Å². The van der Waals surface area contributed by atoms with Crippen molar-refractivity contribution in [2.24, 2.45) is 11.3 Å². The summed E-state index contributed by atoms with van der Waals surface area (Å²) in [6, 6.07) is 7.00. The molecule has 2 unspecified atom stereocenters. The molecule has 5 rings (SSSR count). The van der Waals surface area contributed by atoms with Crippen LogP contribution in [0, 0.1) is 11.3 Å². The monoisotopic (exact) mass is 493 g/mol. The summed E-state index contributed by atoms with van der Waals surface area (Å²) in [5.41, 5.74) is 2.19. The van der Waals surface area contributed by atoms with Gasteiger partial charge in [-0.05, 0) is 43.2 Å². The van der Waals surface area contributed by atoms with Crippen LogP contribution in [-0.4, -0.2) is 49.2 Å². The number of fused-ring (bicyclic) bond motifs is 3. The number of carbonyl (C=O) groups is 2. The largest absolute Gasteiger partial charge is 0.465 e. The lowest BCUT2D eigenvalue weighted by atomic mass is 9.76. The topological polar surface area (TPSA) is 120 Å². The minimum absolute atomic E-state index is 0.0132. The van der Waals surface area contributed by atoms with Crippen LogP contribution in [0.3, 0.4) is 0 Å². The Bertz CT molecular complexity index is 1360. The number of H-pyrrole nitrogens is 1. The van der Waals surface area contributed by atoms with Crippen molar-refractivity contribution in [3.8, 4) is 0 Å². The lowest BCUT2D eigenvalue weighted by Gasteiger charge is -2.44. The van der Waals surface area contributed by atoms with Gasteiger partial charge in [0.1, 0.15) is 5.65 Å². The Labute approximate surface area is 209 Å². The van der Waals surface area contributed by atoms with E-state index in [1.165, 1.54) is 11.3 Å². The average molecular weight is 494 g/mol. The fourth-order valence-corrected chi connectivity index (χ4v) is 6.07. The van der Waals surface area contributed by atoms with Gasteiger partial charge in [0, 0.05) is 30.5 Å². The van der Waals surface area contributed by atoms with Crippen molar-refractivity contribution in [1.82, 2.24) is 19.5 Å². The van der Waals surface area contributed by atoms with Gasteiger partial charge in [0.2, 0.25) is 5.91 Å². The second-order valence-corrected chi connectivity index (χ2v) is 11.4. The van der Waals surface area contributed by atoms with Gasteiger partial charge >= 0.3 is 6.09 Å². The molecule has 0 radical (unpaired) electrons. The van der Waals surface area contributed by atoms with E-state index in [4.69, 9.17) is 5.10 Å². The van der Waals surface area contributed by atoms with Gasteiger partial charge in [-0.2, -0.15) is 5.10 Å². The first kappa shape index (κ1) is 24.3. The molecule has 2 fully saturated rings. The Balaban J connectivity index is 1.55. The number of rotatable bonds is 3.